The monoisotopic (exact) mass is 266 g/mol. The SMILES string of the molecule is N#Cc1cccc(CNC[C@@H](NN)c2ccccc2)c1. The van der Waals surface area contributed by atoms with Crippen molar-refractivity contribution < 1.29 is 0 Å². The summed E-state index contributed by atoms with van der Waals surface area (Å²) < 4.78 is 0. The van der Waals surface area contributed by atoms with Gasteiger partial charge in [0.1, 0.15) is 0 Å². The molecule has 4 nitrogen and oxygen atoms in total. The first-order chi connectivity index (χ1) is 9.83. The third kappa shape index (κ3) is 3.90. The molecule has 0 aliphatic rings. The molecule has 0 aliphatic carbocycles. The Hall–Kier alpha value is -2.19. The smallest absolute Gasteiger partial charge is 0.0991 e. The predicted molar refractivity (Wildman–Crippen MR) is 79.4 cm³/mol. The normalized spacial score (nSPS) is 11.8. The zero-order valence-electron chi connectivity index (χ0n) is 11.2. The Bertz CT molecular complexity index is 575. The van der Waals surface area contributed by atoms with Gasteiger partial charge < -0.3 is 5.32 Å². The van der Waals surface area contributed by atoms with Gasteiger partial charge in [-0.1, -0.05) is 42.5 Å². The van der Waals surface area contributed by atoms with Gasteiger partial charge in [0.05, 0.1) is 17.7 Å². The number of nitriles is 1. The van der Waals surface area contributed by atoms with Gasteiger partial charge in [0.2, 0.25) is 0 Å². The molecule has 4 N–H and O–H groups in total. The third-order valence-electron chi connectivity index (χ3n) is 3.14. The molecule has 0 aromatic heterocycles. The summed E-state index contributed by atoms with van der Waals surface area (Å²) >= 11 is 0. The van der Waals surface area contributed by atoms with Crippen LogP contribution < -0.4 is 16.6 Å². The average molecular weight is 266 g/mol. The summed E-state index contributed by atoms with van der Waals surface area (Å²) in [4.78, 5) is 0. The Morgan fingerprint density at radius 2 is 1.90 bits per heavy atom. The van der Waals surface area contributed by atoms with Crippen LogP contribution in [0.15, 0.2) is 54.6 Å². The average Bonchev–Trinajstić information content (AvgIpc) is 2.52. The lowest BCUT2D eigenvalue weighted by molar-refractivity contribution is 0.502. The van der Waals surface area contributed by atoms with E-state index < -0.39 is 0 Å². The van der Waals surface area contributed by atoms with Gasteiger partial charge in [-0.25, -0.2) is 0 Å². The Balaban J connectivity index is 1.90. The Morgan fingerprint density at radius 1 is 1.10 bits per heavy atom. The maximum Gasteiger partial charge on any atom is 0.0991 e. The Labute approximate surface area is 119 Å². The fraction of sp³-hybridized carbons (Fsp3) is 0.188. The molecule has 0 unspecified atom stereocenters. The summed E-state index contributed by atoms with van der Waals surface area (Å²) in [5, 5.41) is 12.2. The Kier molecular flexibility index (Phi) is 5.27. The van der Waals surface area contributed by atoms with E-state index in [1.54, 1.807) is 6.07 Å². The molecule has 0 bridgehead atoms. The molecule has 0 spiro atoms. The largest absolute Gasteiger partial charge is 0.311 e. The number of hydrogen-bond donors (Lipinski definition) is 3. The van der Waals surface area contributed by atoms with Crippen LogP contribution >= 0.6 is 0 Å². The van der Waals surface area contributed by atoms with Gasteiger partial charge >= 0.3 is 0 Å². The topological polar surface area (TPSA) is 73.9 Å². The highest BCUT2D eigenvalue weighted by molar-refractivity contribution is 5.32. The van der Waals surface area contributed by atoms with E-state index in [0.717, 1.165) is 17.7 Å². The molecule has 0 aliphatic heterocycles. The summed E-state index contributed by atoms with van der Waals surface area (Å²) in [6, 6.07) is 19.9. The quantitative estimate of drug-likeness (QED) is 0.551. The van der Waals surface area contributed by atoms with E-state index in [-0.39, 0.29) is 6.04 Å². The number of benzene rings is 2. The van der Waals surface area contributed by atoms with Crippen LogP contribution in [-0.4, -0.2) is 6.54 Å². The van der Waals surface area contributed by atoms with Crippen LogP contribution in [0, 0.1) is 11.3 Å². The van der Waals surface area contributed by atoms with Gasteiger partial charge in [-0.3, -0.25) is 11.3 Å². The van der Waals surface area contributed by atoms with Crippen molar-refractivity contribution in [2.75, 3.05) is 6.54 Å². The number of nitrogens with two attached hydrogens (primary N) is 1. The maximum absolute atomic E-state index is 8.87. The lowest BCUT2D eigenvalue weighted by Crippen LogP contribution is -2.35. The number of hydrazine groups is 1. The number of nitrogens with one attached hydrogen (secondary N) is 2. The van der Waals surface area contributed by atoms with Gasteiger partial charge in [-0.2, -0.15) is 5.26 Å². The van der Waals surface area contributed by atoms with Crippen molar-refractivity contribution in [2.24, 2.45) is 5.84 Å². The van der Waals surface area contributed by atoms with E-state index in [1.807, 2.05) is 48.5 Å². The lowest BCUT2D eigenvalue weighted by atomic mass is 10.1. The molecule has 102 valence electrons. The molecule has 0 fully saturated rings. The van der Waals surface area contributed by atoms with Gasteiger partial charge in [-0.15, -0.1) is 0 Å². The van der Waals surface area contributed by atoms with E-state index in [2.05, 4.69) is 16.8 Å². The van der Waals surface area contributed by atoms with Crippen LogP contribution in [0.25, 0.3) is 0 Å². The second-order valence-corrected chi connectivity index (χ2v) is 4.57. The van der Waals surface area contributed by atoms with Crippen molar-refractivity contribution in [1.29, 1.82) is 5.26 Å². The molecule has 2 rings (SSSR count). The number of nitrogens with zero attached hydrogens (tertiary/aromatic N) is 1. The highest BCUT2D eigenvalue weighted by Gasteiger charge is 2.08. The fourth-order valence-electron chi connectivity index (χ4n) is 2.07. The summed E-state index contributed by atoms with van der Waals surface area (Å²) in [6.45, 7) is 1.43. The number of hydrogen-bond acceptors (Lipinski definition) is 4. The molecule has 0 saturated heterocycles. The van der Waals surface area contributed by atoms with E-state index in [9.17, 15) is 0 Å². The van der Waals surface area contributed by atoms with Crippen molar-refractivity contribution in [3.63, 3.8) is 0 Å². The van der Waals surface area contributed by atoms with Crippen LogP contribution in [0.1, 0.15) is 22.7 Å². The number of rotatable bonds is 6. The second-order valence-electron chi connectivity index (χ2n) is 4.57. The van der Waals surface area contributed by atoms with E-state index in [1.165, 1.54) is 0 Å². The maximum atomic E-state index is 8.87. The first kappa shape index (κ1) is 14.2. The summed E-state index contributed by atoms with van der Waals surface area (Å²) in [6.07, 6.45) is 0. The fourth-order valence-corrected chi connectivity index (χ4v) is 2.07. The standard InChI is InChI=1S/C16H18N4/c17-10-13-5-4-6-14(9-13)11-19-12-16(20-18)15-7-2-1-3-8-15/h1-9,16,19-20H,11-12,18H2/t16-/m1/s1. The first-order valence-electron chi connectivity index (χ1n) is 6.54. The molecule has 2 aromatic rings. The van der Waals surface area contributed by atoms with Gasteiger partial charge in [0.25, 0.3) is 0 Å². The van der Waals surface area contributed by atoms with Gasteiger partial charge in [0.15, 0.2) is 0 Å². The minimum atomic E-state index is 0.0651. The van der Waals surface area contributed by atoms with Crippen LogP contribution in [0.3, 0.4) is 0 Å². The second kappa shape index (κ2) is 7.41. The molecule has 0 saturated carbocycles. The van der Waals surface area contributed by atoms with Crippen LogP contribution in [0.5, 0.6) is 0 Å². The van der Waals surface area contributed by atoms with E-state index in [4.69, 9.17) is 11.1 Å². The third-order valence-corrected chi connectivity index (χ3v) is 3.14. The van der Waals surface area contributed by atoms with Crippen molar-refractivity contribution >= 4 is 0 Å². The molecule has 0 amide bonds. The van der Waals surface area contributed by atoms with Crippen LogP contribution in [0.4, 0.5) is 0 Å². The molecular weight excluding hydrogens is 248 g/mol. The Morgan fingerprint density at radius 3 is 2.60 bits per heavy atom. The van der Waals surface area contributed by atoms with Crippen molar-refractivity contribution in [2.45, 2.75) is 12.6 Å². The molecule has 1 atom stereocenters. The highest BCUT2D eigenvalue weighted by Crippen LogP contribution is 2.10. The lowest BCUT2D eigenvalue weighted by Gasteiger charge is -2.17. The molecule has 20 heavy (non-hydrogen) atoms. The molecular formula is C16H18N4. The van der Waals surface area contributed by atoms with Gasteiger partial charge in [0, 0.05) is 13.1 Å². The summed E-state index contributed by atoms with van der Waals surface area (Å²) in [5.74, 6) is 5.60. The molecule has 0 radical (unpaired) electrons. The molecule has 4 heteroatoms. The molecule has 0 heterocycles. The zero-order valence-corrected chi connectivity index (χ0v) is 11.2. The minimum Gasteiger partial charge on any atom is -0.311 e. The summed E-state index contributed by atoms with van der Waals surface area (Å²) in [5.41, 5.74) is 5.73. The summed E-state index contributed by atoms with van der Waals surface area (Å²) in [7, 11) is 0. The van der Waals surface area contributed by atoms with Gasteiger partial charge in [-0.05, 0) is 23.3 Å². The van der Waals surface area contributed by atoms with Crippen molar-refractivity contribution in [3.8, 4) is 6.07 Å². The molecule has 2 aromatic carbocycles. The van der Waals surface area contributed by atoms with Crippen molar-refractivity contribution in [3.05, 3.63) is 71.3 Å². The van der Waals surface area contributed by atoms with E-state index in [0.29, 0.717) is 12.1 Å². The van der Waals surface area contributed by atoms with Crippen LogP contribution in [-0.2, 0) is 6.54 Å². The minimum absolute atomic E-state index is 0.0651. The van der Waals surface area contributed by atoms with Crippen molar-refractivity contribution in [1.82, 2.24) is 10.7 Å². The predicted octanol–water partition coefficient (Wildman–Crippen LogP) is 1.85. The van der Waals surface area contributed by atoms with Crippen LogP contribution in [0.2, 0.25) is 0 Å². The zero-order chi connectivity index (χ0) is 14.2. The van der Waals surface area contributed by atoms with E-state index >= 15 is 0 Å². The highest BCUT2D eigenvalue weighted by atomic mass is 15.2. The first-order valence-corrected chi connectivity index (χ1v) is 6.54.